The molecule has 0 saturated heterocycles. The van der Waals surface area contributed by atoms with Crippen molar-refractivity contribution in [3.63, 3.8) is 0 Å². The van der Waals surface area contributed by atoms with Crippen molar-refractivity contribution in [2.45, 2.75) is 26.9 Å². The first-order chi connectivity index (χ1) is 9.45. The number of carbonyl (C=O) groups is 1. The maximum atomic E-state index is 11.0. The van der Waals surface area contributed by atoms with Crippen LogP contribution >= 0.6 is 0 Å². The average Bonchev–Trinajstić information content (AvgIpc) is 2.73. The summed E-state index contributed by atoms with van der Waals surface area (Å²) < 4.78 is 5.48. The first-order valence-corrected chi connectivity index (χ1v) is 6.52. The molecule has 0 radical (unpaired) electrons. The SMILES string of the molecule is Cc1ccc(CN(C)Cc2cc(C(=O)O)c(C)o2)cc1. The molecule has 0 spiro atoms. The lowest BCUT2D eigenvalue weighted by atomic mass is 10.1. The van der Waals surface area contributed by atoms with Crippen LogP contribution in [0, 0.1) is 13.8 Å². The predicted octanol–water partition coefficient (Wildman–Crippen LogP) is 3.23. The van der Waals surface area contributed by atoms with E-state index in [0.717, 1.165) is 6.54 Å². The van der Waals surface area contributed by atoms with Gasteiger partial charge >= 0.3 is 5.97 Å². The van der Waals surface area contributed by atoms with Crippen molar-refractivity contribution in [1.82, 2.24) is 4.90 Å². The number of aromatic carboxylic acids is 1. The topological polar surface area (TPSA) is 53.7 Å². The van der Waals surface area contributed by atoms with Crippen molar-refractivity contribution in [3.8, 4) is 0 Å². The molecule has 0 amide bonds. The number of carboxylic acids is 1. The van der Waals surface area contributed by atoms with Gasteiger partial charge in [0.25, 0.3) is 0 Å². The van der Waals surface area contributed by atoms with Gasteiger partial charge in [0, 0.05) is 6.54 Å². The molecule has 1 N–H and O–H groups in total. The second kappa shape index (κ2) is 5.92. The highest BCUT2D eigenvalue weighted by Gasteiger charge is 2.14. The highest BCUT2D eigenvalue weighted by molar-refractivity contribution is 5.88. The second-order valence-corrected chi connectivity index (χ2v) is 5.15. The third-order valence-corrected chi connectivity index (χ3v) is 3.20. The Labute approximate surface area is 118 Å². The van der Waals surface area contributed by atoms with Crippen molar-refractivity contribution >= 4 is 5.97 Å². The van der Waals surface area contributed by atoms with Gasteiger partial charge in [0.2, 0.25) is 0 Å². The van der Waals surface area contributed by atoms with E-state index in [1.807, 2.05) is 7.05 Å². The smallest absolute Gasteiger partial charge is 0.339 e. The standard InChI is InChI=1S/C16H19NO3/c1-11-4-6-13(7-5-11)9-17(3)10-14-8-15(16(18)19)12(2)20-14/h4-8H,9-10H2,1-3H3,(H,18,19). The lowest BCUT2D eigenvalue weighted by Crippen LogP contribution is -2.16. The molecular formula is C16H19NO3. The summed E-state index contributed by atoms with van der Waals surface area (Å²) in [5, 5.41) is 9.00. The lowest BCUT2D eigenvalue weighted by Gasteiger charge is -2.15. The Kier molecular flexibility index (Phi) is 4.25. The van der Waals surface area contributed by atoms with E-state index in [-0.39, 0.29) is 5.56 Å². The largest absolute Gasteiger partial charge is 0.478 e. The summed E-state index contributed by atoms with van der Waals surface area (Å²) in [4.78, 5) is 13.1. The molecule has 0 aliphatic heterocycles. The number of rotatable bonds is 5. The molecule has 2 aromatic rings. The Morgan fingerprint density at radius 2 is 1.85 bits per heavy atom. The average molecular weight is 273 g/mol. The minimum Gasteiger partial charge on any atom is -0.478 e. The maximum Gasteiger partial charge on any atom is 0.339 e. The number of hydrogen-bond acceptors (Lipinski definition) is 3. The summed E-state index contributed by atoms with van der Waals surface area (Å²) in [7, 11) is 1.98. The van der Waals surface area contributed by atoms with Crippen molar-refractivity contribution in [2.24, 2.45) is 0 Å². The molecule has 4 nitrogen and oxygen atoms in total. The predicted molar refractivity (Wildman–Crippen MR) is 76.8 cm³/mol. The van der Waals surface area contributed by atoms with Crippen LogP contribution < -0.4 is 0 Å². The van der Waals surface area contributed by atoms with Crippen LogP contribution in [-0.2, 0) is 13.1 Å². The van der Waals surface area contributed by atoms with Gasteiger partial charge in [-0.2, -0.15) is 0 Å². The first kappa shape index (κ1) is 14.3. The van der Waals surface area contributed by atoms with E-state index < -0.39 is 5.97 Å². The number of nitrogens with zero attached hydrogens (tertiary/aromatic N) is 1. The Morgan fingerprint density at radius 1 is 1.20 bits per heavy atom. The van der Waals surface area contributed by atoms with E-state index in [4.69, 9.17) is 9.52 Å². The minimum atomic E-state index is -0.946. The van der Waals surface area contributed by atoms with Crippen LogP contribution in [0.15, 0.2) is 34.7 Å². The van der Waals surface area contributed by atoms with E-state index in [2.05, 4.69) is 36.1 Å². The molecule has 4 heteroatoms. The van der Waals surface area contributed by atoms with Crippen LogP contribution in [0.5, 0.6) is 0 Å². The van der Waals surface area contributed by atoms with Gasteiger partial charge in [0.15, 0.2) is 0 Å². The van der Waals surface area contributed by atoms with E-state index in [1.165, 1.54) is 11.1 Å². The normalized spacial score (nSPS) is 11.0. The highest BCUT2D eigenvalue weighted by Crippen LogP contribution is 2.17. The van der Waals surface area contributed by atoms with Gasteiger partial charge in [-0.25, -0.2) is 4.79 Å². The Bertz CT molecular complexity index is 599. The molecule has 0 fully saturated rings. The molecule has 0 unspecified atom stereocenters. The summed E-state index contributed by atoms with van der Waals surface area (Å²) in [5.41, 5.74) is 2.70. The Hall–Kier alpha value is -2.07. The molecule has 1 aromatic heterocycles. The van der Waals surface area contributed by atoms with E-state index in [0.29, 0.717) is 18.1 Å². The third-order valence-electron chi connectivity index (χ3n) is 3.20. The summed E-state index contributed by atoms with van der Waals surface area (Å²) in [6, 6.07) is 9.97. The highest BCUT2D eigenvalue weighted by atomic mass is 16.4. The van der Waals surface area contributed by atoms with Crippen LogP contribution in [0.1, 0.15) is 33.0 Å². The molecule has 20 heavy (non-hydrogen) atoms. The van der Waals surface area contributed by atoms with Crippen LogP contribution in [0.3, 0.4) is 0 Å². The number of benzene rings is 1. The molecule has 0 aliphatic carbocycles. The lowest BCUT2D eigenvalue weighted by molar-refractivity contribution is 0.0695. The maximum absolute atomic E-state index is 11.0. The van der Waals surface area contributed by atoms with E-state index in [1.54, 1.807) is 13.0 Å². The molecule has 0 atom stereocenters. The van der Waals surface area contributed by atoms with Crippen LogP contribution in [0.2, 0.25) is 0 Å². The third kappa shape index (κ3) is 3.48. The van der Waals surface area contributed by atoms with Crippen LogP contribution in [0.25, 0.3) is 0 Å². The fraction of sp³-hybridized carbons (Fsp3) is 0.312. The monoisotopic (exact) mass is 273 g/mol. The summed E-state index contributed by atoms with van der Waals surface area (Å²) >= 11 is 0. The van der Waals surface area contributed by atoms with Crippen molar-refractivity contribution < 1.29 is 14.3 Å². The summed E-state index contributed by atoms with van der Waals surface area (Å²) in [5.74, 6) is 0.185. The van der Waals surface area contributed by atoms with Gasteiger partial charge in [-0.15, -0.1) is 0 Å². The van der Waals surface area contributed by atoms with Gasteiger partial charge in [0.05, 0.1) is 6.54 Å². The van der Waals surface area contributed by atoms with Gasteiger partial charge in [-0.3, -0.25) is 4.90 Å². The Balaban J connectivity index is 2.00. The number of carboxylic acid groups (broad SMARTS) is 1. The number of aryl methyl sites for hydroxylation is 2. The quantitative estimate of drug-likeness (QED) is 0.908. The molecular weight excluding hydrogens is 254 g/mol. The second-order valence-electron chi connectivity index (χ2n) is 5.15. The van der Waals surface area contributed by atoms with E-state index in [9.17, 15) is 4.79 Å². The molecule has 1 heterocycles. The molecule has 1 aromatic carbocycles. The fourth-order valence-corrected chi connectivity index (χ4v) is 2.16. The molecule has 0 saturated carbocycles. The Morgan fingerprint density at radius 3 is 2.40 bits per heavy atom. The van der Waals surface area contributed by atoms with Crippen molar-refractivity contribution in [3.05, 3.63) is 58.5 Å². The zero-order valence-corrected chi connectivity index (χ0v) is 12.0. The first-order valence-electron chi connectivity index (χ1n) is 6.52. The van der Waals surface area contributed by atoms with Gasteiger partial charge in [0.1, 0.15) is 17.1 Å². The molecule has 106 valence electrons. The number of furan rings is 1. The molecule has 0 aliphatic rings. The van der Waals surface area contributed by atoms with Crippen molar-refractivity contribution in [1.29, 1.82) is 0 Å². The zero-order chi connectivity index (χ0) is 14.7. The molecule has 2 rings (SSSR count). The van der Waals surface area contributed by atoms with Crippen LogP contribution in [-0.4, -0.2) is 23.0 Å². The summed E-state index contributed by atoms with van der Waals surface area (Å²) in [6.07, 6.45) is 0. The fourth-order valence-electron chi connectivity index (χ4n) is 2.16. The van der Waals surface area contributed by atoms with Gasteiger partial charge < -0.3 is 9.52 Å². The van der Waals surface area contributed by atoms with Crippen LogP contribution in [0.4, 0.5) is 0 Å². The van der Waals surface area contributed by atoms with E-state index >= 15 is 0 Å². The zero-order valence-electron chi connectivity index (χ0n) is 12.0. The summed E-state index contributed by atoms with van der Waals surface area (Å²) in [6.45, 7) is 5.11. The molecule has 0 bridgehead atoms. The minimum absolute atomic E-state index is 0.240. The van der Waals surface area contributed by atoms with Gasteiger partial charge in [-0.05, 0) is 32.5 Å². The number of hydrogen-bond donors (Lipinski definition) is 1. The van der Waals surface area contributed by atoms with Crippen molar-refractivity contribution in [2.75, 3.05) is 7.05 Å². The van der Waals surface area contributed by atoms with Gasteiger partial charge in [-0.1, -0.05) is 29.8 Å².